The van der Waals surface area contributed by atoms with Crippen molar-refractivity contribution in [3.05, 3.63) is 119 Å². The van der Waals surface area contributed by atoms with Gasteiger partial charge in [-0.25, -0.2) is 4.79 Å². The summed E-state index contributed by atoms with van der Waals surface area (Å²) in [5.74, 6) is 0.296. The first-order valence-corrected chi connectivity index (χ1v) is 13.5. The minimum atomic E-state index is -0.384. The fourth-order valence-corrected chi connectivity index (χ4v) is 4.92. The number of esters is 1. The fourth-order valence-electron chi connectivity index (χ4n) is 3.67. The maximum absolute atomic E-state index is 12.4. The van der Waals surface area contributed by atoms with Crippen LogP contribution in [0.4, 0.5) is 5.69 Å². The van der Waals surface area contributed by atoms with Gasteiger partial charge in [-0.05, 0) is 79.1 Å². The molecule has 0 heterocycles. The van der Waals surface area contributed by atoms with Crippen LogP contribution in [0, 0.1) is 0 Å². The summed E-state index contributed by atoms with van der Waals surface area (Å²) in [6.45, 7) is 2.59. The number of hydrogen-bond acceptors (Lipinski definition) is 5. The summed E-state index contributed by atoms with van der Waals surface area (Å²) in [4.78, 5) is 26.3. The molecular weight excluding hydrogens is 518 g/mol. The number of amides is 1. The van der Waals surface area contributed by atoms with Gasteiger partial charge in [-0.15, -0.1) is 0 Å². The Morgan fingerprint density at radius 1 is 0.868 bits per heavy atom. The zero-order valence-electron chi connectivity index (χ0n) is 21.0. The topological polar surface area (TPSA) is 64.6 Å². The van der Waals surface area contributed by atoms with E-state index in [0.717, 1.165) is 26.7 Å². The minimum Gasteiger partial charge on any atom is -0.489 e. The van der Waals surface area contributed by atoms with Crippen LogP contribution >= 0.6 is 23.4 Å². The number of aryl methyl sites for hydroxylation is 1. The van der Waals surface area contributed by atoms with Crippen molar-refractivity contribution in [1.82, 2.24) is 0 Å². The maximum atomic E-state index is 12.4. The number of carbonyl (C=O) groups excluding carboxylic acids is 2. The lowest BCUT2D eigenvalue weighted by Gasteiger charge is -2.10. The summed E-state index contributed by atoms with van der Waals surface area (Å²) in [7, 11) is 0. The van der Waals surface area contributed by atoms with Gasteiger partial charge in [-0.1, -0.05) is 65.8 Å². The molecule has 0 spiro atoms. The van der Waals surface area contributed by atoms with Gasteiger partial charge in [-0.3, -0.25) is 4.79 Å². The van der Waals surface area contributed by atoms with Crippen LogP contribution in [0.5, 0.6) is 5.75 Å². The number of carbonyl (C=O) groups is 2. The van der Waals surface area contributed by atoms with Crippen LogP contribution in [0.3, 0.4) is 0 Å². The van der Waals surface area contributed by atoms with Gasteiger partial charge in [0.05, 0.1) is 12.2 Å². The van der Waals surface area contributed by atoms with Crippen molar-refractivity contribution in [2.24, 2.45) is 0 Å². The normalized spacial score (nSPS) is 10.6. The van der Waals surface area contributed by atoms with Crippen LogP contribution in [-0.4, -0.2) is 18.5 Å². The highest BCUT2D eigenvalue weighted by Gasteiger charge is 2.10. The van der Waals surface area contributed by atoms with Gasteiger partial charge in [0.15, 0.2) is 0 Å². The molecule has 38 heavy (non-hydrogen) atoms. The van der Waals surface area contributed by atoms with Crippen LogP contribution in [0.25, 0.3) is 0 Å². The monoisotopic (exact) mass is 545 g/mol. The first-order chi connectivity index (χ1) is 18.5. The molecule has 0 aliphatic heterocycles. The Labute approximate surface area is 232 Å². The summed E-state index contributed by atoms with van der Waals surface area (Å²) in [6, 6.07) is 30.6. The van der Waals surface area contributed by atoms with E-state index in [1.54, 1.807) is 43.0 Å². The third-order valence-electron chi connectivity index (χ3n) is 5.62. The molecule has 0 fully saturated rings. The zero-order chi connectivity index (χ0) is 26.7. The Morgan fingerprint density at radius 3 is 2.37 bits per heavy atom. The Kier molecular flexibility index (Phi) is 9.84. The van der Waals surface area contributed by atoms with Gasteiger partial charge in [0.1, 0.15) is 12.4 Å². The van der Waals surface area contributed by atoms with E-state index < -0.39 is 0 Å². The molecule has 5 nitrogen and oxygen atoms in total. The fraction of sp³-hybridized carbons (Fsp3) is 0.161. The largest absolute Gasteiger partial charge is 0.489 e. The molecule has 0 aromatic heterocycles. The second-order valence-corrected chi connectivity index (χ2v) is 10.0. The standard InChI is InChI=1S/C31H28ClNO4S/c1-2-36-31(35)24-11-15-25(16-12-24)33-30(34)18-14-23-13-17-28(20-29(23)32)38-27-10-6-9-26(19-27)37-21-22-7-4-3-5-8-22/h3-13,15-17,19-20H,2,14,18,21H2,1H3,(H,33,34). The van der Waals surface area contributed by atoms with Gasteiger partial charge in [0, 0.05) is 26.9 Å². The Balaban J connectivity index is 1.28. The summed E-state index contributed by atoms with van der Waals surface area (Å²) >= 11 is 8.15. The molecule has 0 unspecified atom stereocenters. The summed E-state index contributed by atoms with van der Waals surface area (Å²) in [5.41, 5.74) is 3.09. The van der Waals surface area contributed by atoms with Crippen molar-refractivity contribution in [3.63, 3.8) is 0 Å². The highest BCUT2D eigenvalue weighted by atomic mass is 35.5. The second kappa shape index (κ2) is 13.7. The quantitative estimate of drug-likeness (QED) is 0.195. The maximum Gasteiger partial charge on any atom is 0.338 e. The molecule has 0 saturated carbocycles. The van der Waals surface area contributed by atoms with Gasteiger partial charge in [0.25, 0.3) is 0 Å². The lowest BCUT2D eigenvalue weighted by Crippen LogP contribution is -2.12. The number of anilines is 1. The molecule has 0 aliphatic rings. The minimum absolute atomic E-state index is 0.129. The molecule has 1 amide bonds. The molecule has 0 atom stereocenters. The van der Waals surface area contributed by atoms with Crippen LogP contribution in [0.2, 0.25) is 5.02 Å². The zero-order valence-corrected chi connectivity index (χ0v) is 22.6. The predicted octanol–water partition coefficient (Wildman–Crippen LogP) is 7.82. The van der Waals surface area contributed by atoms with E-state index in [9.17, 15) is 9.59 Å². The molecule has 0 aliphatic carbocycles. The van der Waals surface area contributed by atoms with E-state index in [1.165, 1.54) is 0 Å². The molecule has 4 aromatic carbocycles. The van der Waals surface area contributed by atoms with Crippen LogP contribution < -0.4 is 10.1 Å². The molecule has 0 bridgehead atoms. The van der Waals surface area contributed by atoms with E-state index in [-0.39, 0.29) is 18.3 Å². The number of hydrogen-bond donors (Lipinski definition) is 1. The van der Waals surface area contributed by atoms with Gasteiger partial charge in [-0.2, -0.15) is 0 Å². The summed E-state index contributed by atoms with van der Waals surface area (Å²) < 4.78 is 10.9. The number of nitrogens with one attached hydrogen (secondary N) is 1. The molecule has 4 aromatic rings. The van der Waals surface area contributed by atoms with E-state index in [1.807, 2.05) is 72.8 Å². The highest BCUT2D eigenvalue weighted by molar-refractivity contribution is 7.99. The molecular formula is C31H28ClNO4S. The summed E-state index contributed by atoms with van der Waals surface area (Å²) in [5, 5.41) is 3.47. The predicted molar refractivity (Wildman–Crippen MR) is 152 cm³/mol. The number of halogens is 1. The Hall–Kier alpha value is -3.74. The average Bonchev–Trinajstić information content (AvgIpc) is 2.93. The van der Waals surface area contributed by atoms with E-state index in [2.05, 4.69) is 5.32 Å². The van der Waals surface area contributed by atoms with Crippen molar-refractivity contribution >= 4 is 40.9 Å². The van der Waals surface area contributed by atoms with Gasteiger partial charge >= 0.3 is 5.97 Å². The molecule has 0 saturated heterocycles. The first kappa shape index (κ1) is 27.3. The SMILES string of the molecule is CCOC(=O)c1ccc(NC(=O)CCc2ccc(Sc3cccc(OCc4ccccc4)c3)cc2Cl)cc1. The van der Waals surface area contributed by atoms with Crippen molar-refractivity contribution in [2.45, 2.75) is 36.2 Å². The van der Waals surface area contributed by atoms with Crippen LogP contribution in [0.15, 0.2) is 107 Å². The molecule has 0 radical (unpaired) electrons. The first-order valence-electron chi connectivity index (χ1n) is 12.3. The third kappa shape index (κ3) is 8.13. The van der Waals surface area contributed by atoms with Crippen molar-refractivity contribution in [2.75, 3.05) is 11.9 Å². The second-order valence-electron chi connectivity index (χ2n) is 8.45. The smallest absolute Gasteiger partial charge is 0.338 e. The number of benzene rings is 4. The van der Waals surface area contributed by atoms with Crippen molar-refractivity contribution in [1.29, 1.82) is 0 Å². The average molecular weight is 546 g/mol. The molecule has 194 valence electrons. The van der Waals surface area contributed by atoms with E-state index >= 15 is 0 Å². The lowest BCUT2D eigenvalue weighted by molar-refractivity contribution is -0.116. The van der Waals surface area contributed by atoms with Crippen LogP contribution in [0.1, 0.15) is 34.8 Å². The van der Waals surface area contributed by atoms with Gasteiger partial charge < -0.3 is 14.8 Å². The number of rotatable bonds is 11. The van der Waals surface area contributed by atoms with Crippen molar-refractivity contribution in [3.8, 4) is 5.75 Å². The van der Waals surface area contributed by atoms with Crippen LogP contribution in [-0.2, 0) is 22.6 Å². The highest BCUT2D eigenvalue weighted by Crippen LogP contribution is 2.33. The molecule has 7 heteroatoms. The van der Waals surface area contributed by atoms with Crippen molar-refractivity contribution < 1.29 is 19.1 Å². The third-order valence-corrected chi connectivity index (χ3v) is 6.95. The number of ether oxygens (including phenoxy) is 2. The molecule has 1 N–H and O–H groups in total. The summed E-state index contributed by atoms with van der Waals surface area (Å²) in [6.07, 6.45) is 0.798. The van der Waals surface area contributed by atoms with E-state index in [4.69, 9.17) is 21.1 Å². The Bertz CT molecular complexity index is 1380. The molecule has 4 rings (SSSR count). The Morgan fingerprint density at radius 2 is 1.63 bits per heavy atom. The van der Waals surface area contributed by atoms with E-state index in [0.29, 0.717) is 35.9 Å². The van der Waals surface area contributed by atoms with Gasteiger partial charge in [0.2, 0.25) is 5.91 Å². The lowest BCUT2D eigenvalue weighted by atomic mass is 10.1.